The smallest absolute Gasteiger partial charge is 0.341 e. The SMILES string of the molecule is CCOC(=O)c1c(NC(=O)C(C)Sc2nnc(-n3nc(C)cc3C)n2N)sc2c1CCCC2. The van der Waals surface area contributed by atoms with E-state index < -0.39 is 5.25 Å². The first-order valence-electron chi connectivity index (χ1n) is 10.8. The number of thiophene rings is 1. The van der Waals surface area contributed by atoms with E-state index in [0.717, 1.165) is 47.5 Å². The molecule has 1 aliphatic rings. The van der Waals surface area contributed by atoms with Crippen LogP contribution in [0.25, 0.3) is 5.95 Å². The van der Waals surface area contributed by atoms with Crippen molar-refractivity contribution in [2.45, 2.75) is 63.8 Å². The minimum absolute atomic E-state index is 0.250. The summed E-state index contributed by atoms with van der Waals surface area (Å²) >= 11 is 2.65. The van der Waals surface area contributed by atoms with Crippen LogP contribution in [0, 0.1) is 13.8 Å². The lowest BCUT2D eigenvalue weighted by molar-refractivity contribution is -0.115. The number of carbonyl (C=O) groups is 2. The lowest BCUT2D eigenvalue weighted by atomic mass is 9.95. The van der Waals surface area contributed by atoms with Gasteiger partial charge in [-0.15, -0.1) is 21.5 Å². The highest BCUT2D eigenvalue weighted by Crippen LogP contribution is 2.39. The Bertz CT molecular complexity index is 1200. The van der Waals surface area contributed by atoms with Crippen molar-refractivity contribution in [3.63, 3.8) is 0 Å². The van der Waals surface area contributed by atoms with Gasteiger partial charge in [-0.05, 0) is 65.0 Å². The summed E-state index contributed by atoms with van der Waals surface area (Å²) in [6.45, 7) is 7.61. The van der Waals surface area contributed by atoms with Gasteiger partial charge in [-0.1, -0.05) is 11.8 Å². The minimum Gasteiger partial charge on any atom is -0.462 e. The number of aryl methyl sites for hydroxylation is 3. The topological polar surface area (TPSA) is 130 Å². The monoisotopic (exact) mass is 489 g/mol. The predicted molar refractivity (Wildman–Crippen MR) is 128 cm³/mol. The number of aromatic nitrogens is 5. The maximum Gasteiger partial charge on any atom is 0.341 e. The Kier molecular flexibility index (Phi) is 6.75. The van der Waals surface area contributed by atoms with E-state index in [9.17, 15) is 9.59 Å². The number of hydrogen-bond acceptors (Lipinski definition) is 9. The van der Waals surface area contributed by atoms with Gasteiger partial charge < -0.3 is 15.9 Å². The zero-order valence-electron chi connectivity index (χ0n) is 19.0. The first kappa shape index (κ1) is 23.3. The van der Waals surface area contributed by atoms with E-state index in [1.165, 1.54) is 27.8 Å². The van der Waals surface area contributed by atoms with E-state index in [2.05, 4.69) is 20.6 Å². The Morgan fingerprint density at radius 1 is 1.30 bits per heavy atom. The summed E-state index contributed by atoms with van der Waals surface area (Å²) < 4.78 is 8.20. The molecule has 1 amide bonds. The van der Waals surface area contributed by atoms with Gasteiger partial charge in [-0.2, -0.15) is 5.10 Å². The molecule has 0 saturated heterocycles. The molecule has 0 saturated carbocycles. The third-order valence-corrected chi connectivity index (χ3v) is 7.65. The Hall–Kier alpha value is -2.86. The van der Waals surface area contributed by atoms with Gasteiger partial charge in [0.1, 0.15) is 5.00 Å². The number of nitrogen functional groups attached to an aromatic ring is 1. The zero-order valence-corrected chi connectivity index (χ0v) is 20.7. The van der Waals surface area contributed by atoms with E-state index in [-0.39, 0.29) is 18.5 Å². The van der Waals surface area contributed by atoms with Crippen LogP contribution in [0.4, 0.5) is 5.00 Å². The molecule has 33 heavy (non-hydrogen) atoms. The van der Waals surface area contributed by atoms with Crippen molar-refractivity contribution in [3.05, 3.63) is 33.5 Å². The van der Waals surface area contributed by atoms with Crippen molar-refractivity contribution in [1.82, 2.24) is 24.7 Å². The Morgan fingerprint density at radius 2 is 2.06 bits per heavy atom. The Morgan fingerprint density at radius 3 is 2.76 bits per heavy atom. The highest BCUT2D eigenvalue weighted by Gasteiger charge is 2.29. The van der Waals surface area contributed by atoms with E-state index in [4.69, 9.17) is 10.6 Å². The Balaban J connectivity index is 1.52. The molecule has 3 heterocycles. The predicted octanol–water partition coefficient (Wildman–Crippen LogP) is 3.03. The van der Waals surface area contributed by atoms with E-state index in [1.54, 1.807) is 18.5 Å². The van der Waals surface area contributed by atoms with Crippen LogP contribution in [0.2, 0.25) is 0 Å². The number of fused-ring (bicyclic) bond motifs is 1. The number of hydrogen-bond donors (Lipinski definition) is 2. The van der Waals surface area contributed by atoms with Gasteiger partial charge in [0, 0.05) is 10.6 Å². The fraction of sp³-hybridized carbons (Fsp3) is 0.476. The average molecular weight is 490 g/mol. The van der Waals surface area contributed by atoms with Gasteiger partial charge in [-0.25, -0.2) is 14.2 Å². The molecule has 0 fully saturated rings. The number of thioether (sulfide) groups is 1. The lowest BCUT2D eigenvalue weighted by Crippen LogP contribution is -2.25. The highest BCUT2D eigenvalue weighted by molar-refractivity contribution is 8.00. The quantitative estimate of drug-likeness (QED) is 0.294. The van der Waals surface area contributed by atoms with Crippen LogP contribution in [-0.4, -0.2) is 48.4 Å². The second kappa shape index (κ2) is 9.56. The number of anilines is 1. The second-order valence-electron chi connectivity index (χ2n) is 7.88. The molecule has 4 rings (SSSR count). The van der Waals surface area contributed by atoms with Crippen LogP contribution < -0.4 is 11.2 Å². The largest absolute Gasteiger partial charge is 0.462 e. The zero-order chi connectivity index (χ0) is 23.7. The van der Waals surface area contributed by atoms with Crippen molar-refractivity contribution < 1.29 is 14.3 Å². The van der Waals surface area contributed by atoms with E-state index in [0.29, 0.717) is 21.7 Å². The number of esters is 1. The van der Waals surface area contributed by atoms with E-state index >= 15 is 0 Å². The standard InChI is InChI=1S/C21H27N7O3S2/c1-5-31-19(30)16-14-8-6-7-9-15(14)33-18(16)23-17(29)13(4)32-21-25-24-20(27(21)22)28-12(3)10-11(2)26-28/h10,13H,5-9,22H2,1-4H3,(H,23,29). The third-order valence-electron chi connectivity index (χ3n) is 5.38. The summed E-state index contributed by atoms with van der Waals surface area (Å²) in [7, 11) is 0. The van der Waals surface area contributed by atoms with Crippen LogP contribution in [0.1, 0.15) is 58.9 Å². The fourth-order valence-corrected chi connectivity index (χ4v) is 5.87. The summed E-state index contributed by atoms with van der Waals surface area (Å²) in [6.07, 6.45) is 3.85. The number of rotatable bonds is 7. The molecule has 3 aromatic rings. The molecule has 3 N–H and O–H groups in total. The molecule has 10 nitrogen and oxygen atoms in total. The summed E-state index contributed by atoms with van der Waals surface area (Å²) in [5.74, 6) is 5.93. The van der Waals surface area contributed by atoms with Crippen molar-refractivity contribution in [1.29, 1.82) is 0 Å². The maximum absolute atomic E-state index is 13.0. The number of amides is 1. The molecule has 0 aliphatic heterocycles. The van der Waals surface area contributed by atoms with Crippen LogP contribution >= 0.6 is 23.1 Å². The van der Waals surface area contributed by atoms with Gasteiger partial charge in [0.2, 0.25) is 11.1 Å². The molecular formula is C21H27N7O3S2. The summed E-state index contributed by atoms with van der Waals surface area (Å²) in [6, 6.07) is 1.92. The minimum atomic E-state index is -0.529. The molecule has 0 spiro atoms. The average Bonchev–Trinajstić information content (AvgIpc) is 3.42. The van der Waals surface area contributed by atoms with Crippen LogP contribution in [-0.2, 0) is 22.4 Å². The summed E-state index contributed by atoms with van der Waals surface area (Å²) in [4.78, 5) is 26.8. The number of nitrogens with one attached hydrogen (secondary N) is 1. The maximum atomic E-state index is 13.0. The van der Waals surface area contributed by atoms with Crippen molar-refractivity contribution in [3.8, 4) is 5.95 Å². The number of carbonyl (C=O) groups excluding carboxylic acids is 2. The molecule has 1 unspecified atom stereocenters. The third kappa shape index (κ3) is 4.62. The van der Waals surface area contributed by atoms with Crippen molar-refractivity contribution in [2.75, 3.05) is 17.8 Å². The molecule has 176 valence electrons. The number of nitrogens with zero attached hydrogens (tertiary/aromatic N) is 5. The van der Waals surface area contributed by atoms with Gasteiger partial charge in [0.05, 0.1) is 23.1 Å². The van der Waals surface area contributed by atoms with Crippen molar-refractivity contribution >= 4 is 40.0 Å². The summed E-state index contributed by atoms with van der Waals surface area (Å²) in [5, 5.41) is 16.0. The van der Waals surface area contributed by atoms with Gasteiger partial charge in [-0.3, -0.25) is 4.79 Å². The van der Waals surface area contributed by atoms with E-state index in [1.807, 2.05) is 19.9 Å². The molecule has 0 radical (unpaired) electrons. The fourth-order valence-electron chi connectivity index (χ4n) is 3.82. The normalized spacial score (nSPS) is 14.1. The molecule has 0 bridgehead atoms. The molecular weight excluding hydrogens is 462 g/mol. The molecule has 0 aromatic carbocycles. The van der Waals surface area contributed by atoms with Crippen LogP contribution in [0.3, 0.4) is 0 Å². The molecule has 1 aliphatic carbocycles. The number of nitrogens with two attached hydrogens (primary N) is 1. The lowest BCUT2D eigenvalue weighted by Gasteiger charge is -2.13. The molecule has 1 atom stereocenters. The van der Waals surface area contributed by atoms with Crippen molar-refractivity contribution in [2.24, 2.45) is 0 Å². The first-order chi connectivity index (χ1) is 15.8. The van der Waals surface area contributed by atoms with Gasteiger partial charge in [0.15, 0.2) is 0 Å². The highest BCUT2D eigenvalue weighted by atomic mass is 32.2. The van der Waals surface area contributed by atoms with Gasteiger partial charge >= 0.3 is 5.97 Å². The van der Waals surface area contributed by atoms with Gasteiger partial charge in [0.25, 0.3) is 5.95 Å². The second-order valence-corrected chi connectivity index (χ2v) is 10.3. The molecule has 12 heteroatoms. The van der Waals surface area contributed by atoms with Crippen LogP contribution in [0.5, 0.6) is 0 Å². The first-order valence-corrected chi connectivity index (χ1v) is 12.5. The Labute approximate surface area is 199 Å². The number of ether oxygens (including phenoxy) is 1. The summed E-state index contributed by atoms with van der Waals surface area (Å²) in [5.41, 5.74) is 3.23. The van der Waals surface area contributed by atoms with Crippen LogP contribution in [0.15, 0.2) is 11.2 Å². The molecule has 3 aromatic heterocycles.